The molecule has 0 aliphatic carbocycles. The van der Waals surface area contributed by atoms with E-state index in [4.69, 9.17) is 4.74 Å². The maximum Gasteiger partial charge on any atom is 0.196 e. The third-order valence-corrected chi connectivity index (χ3v) is 3.27. The van der Waals surface area contributed by atoms with Crippen LogP contribution in [-0.2, 0) is 13.2 Å². The first-order chi connectivity index (χ1) is 10.2. The number of aliphatic hydroxyl groups is 1. The molecule has 6 heteroatoms. The van der Waals surface area contributed by atoms with Crippen molar-refractivity contribution in [2.75, 3.05) is 0 Å². The van der Waals surface area contributed by atoms with Crippen LogP contribution in [0.25, 0.3) is 5.65 Å². The van der Waals surface area contributed by atoms with Gasteiger partial charge in [0.15, 0.2) is 11.4 Å². The largest absolute Gasteiger partial charge is 0.485 e. The summed E-state index contributed by atoms with van der Waals surface area (Å²) < 4.78 is 20.8. The van der Waals surface area contributed by atoms with E-state index in [2.05, 4.69) is 10.1 Å². The Morgan fingerprint density at radius 3 is 2.86 bits per heavy atom. The quantitative estimate of drug-likeness (QED) is 0.799. The van der Waals surface area contributed by atoms with E-state index in [1.54, 1.807) is 37.4 Å². The summed E-state index contributed by atoms with van der Waals surface area (Å²) in [6.07, 6.45) is 1.56. The molecule has 2 aromatic heterocycles. The van der Waals surface area contributed by atoms with E-state index in [9.17, 15) is 9.50 Å². The summed E-state index contributed by atoms with van der Waals surface area (Å²) in [6.45, 7) is 1.74. The number of halogens is 1. The van der Waals surface area contributed by atoms with Crippen LogP contribution in [0.3, 0.4) is 0 Å². The predicted molar refractivity (Wildman–Crippen MR) is 74.4 cm³/mol. The van der Waals surface area contributed by atoms with E-state index in [1.807, 2.05) is 0 Å². The van der Waals surface area contributed by atoms with Crippen molar-refractivity contribution < 1.29 is 14.2 Å². The van der Waals surface area contributed by atoms with Crippen molar-refractivity contribution in [2.24, 2.45) is 0 Å². The molecule has 0 spiro atoms. The predicted octanol–water partition coefficient (Wildman–Crippen LogP) is 2.25. The van der Waals surface area contributed by atoms with Gasteiger partial charge in [-0.2, -0.15) is 5.10 Å². The number of aryl methyl sites for hydroxylation is 1. The Morgan fingerprint density at radius 2 is 2.10 bits per heavy atom. The van der Waals surface area contributed by atoms with Gasteiger partial charge in [0.1, 0.15) is 12.4 Å². The van der Waals surface area contributed by atoms with Crippen LogP contribution in [0.4, 0.5) is 4.39 Å². The summed E-state index contributed by atoms with van der Waals surface area (Å²) in [5.74, 6) is 0.189. The van der Waals surface area contributed by atoms with E-state index in [-0.39, 0.29) is 19.0 Å². The number of fused-ring (bicyclic) bond motifs is 1. The van der Waals surface area contributed by atoms with Crippen molar-refractivity contribution in [3.05, 3.63) is 59.3 Å². The number of benzene rings is 1. The Morgan fingerprint density at radius 1 is 1.29 bits per heavy atom. The van der Waals surface area contributed by atoms with Crippen molar-refractivity contribution in [3.63, 3.8) is 0 Å². The monoisotopic (exact) mass is 287 g/mol. The van der Waals surface area contributed by atoms with Crippen molar-refractivity contribution in [2.45, 2.75) is 20.1 Å². The molecule has 108 valence electrons. The average molecular weight is 287 g/mol. The fraction of sp³-hybridized carbons (Fsp3) is 0.200. The number of aliphatic hydroxyl groups excluding tert-OH is 1. The maximum absolute atomic E-state index is 13.6. The van der Waals surface area contributed by atoms with Crippen LogP contribution in [0.2, 0.25) is 0 Å². The first-order valence-corrected chi connectivity index (χ1v) is 6.51. The Labute approximate surface area is 120 Å². The molecule has 5 nitrogen and oxygen atoms in total. The molecule has 0 saturated carbocycles. The van der Waals surface area contributed by atoms with Gasteiger partial charge in [0.2, 0.25) is 0 Å². The van der Waals surface area contributed by atoms with Gasteiger partial charge in [-0.05, 0) is 13.0 Å². The Bertz CT molecular complexity index is 786. The third kappa shape index (κ3) is 2.45. The number of aromatic nitrogens is 3. The van der Waals surface area contributed by atoms with Crippen molar-refractivity contribution >= 4 is 5.65 Å². The molecule has 2 heterocycles. The van der Waals surface area contributed by atoms with Crippen molar-refractivity contribution in [3.8, 4) is 5.75 Å². The third-order valence-electron chi connectivity index (χ3n) is 3.27. The second kappa shape index (κ2) is 5.49. The minimum Gasteiger partial charge on any atom is -0.485 e. The highest BCUT2D eigenvalue weighted by molar-refractivity contribution is 5.54. The highest BCUT2D eigenvalue weighted by atomic mass is 19.1. The minimum atomic E-state index is -0.307. The van der Waals surface area contributed by atoms with Gasteiger partial charge in [0.25, 0.3) is 0 Å². The highest BCUT2D eigenvalue weighted by Gasteiger charge is 2.13. The average Bonchev–Trinajstić information content (AvgIpc) is 2.82. The number of hydrogen-bond acceptors (Lipinski definition) is 4. The standard InChI is InChI=1S/C15H14FN3O2/c1-10-13(8-20)19-15(18-10)14(6-7-17-19)21-9-11-4-2-3-5-12(11)16/h2-7,20H,8-9H2,1H3. The highest BCUT2D eigenvalue weighted by Crippen LogP contribution is 2.22. The summed E-state index contributed by atoms with van der Waals surface area (Å²) in [4.78, 5) is 4.34. The Kier molecular flexibility index (Phi) is 3.53. The normalized spacial score (nSPS) is 11.0. The van der Waals surface area contributed by atoms with Crippen LogP contribution in [0.5, 0.6) is 5.75 Å². The number of hydrogen-bond donors (Lipinski definition) is 1. The Hall–Kier alpha value is -2.47. The van der Waals surface area contributed by atoms with Crippen LogP contribution in [0, 0.1) is 12.7 Å². The Balaban J connectivity index is 1.93. The fourth-order valence-electron chi connectivity index (χ4n) is 2.14. The van der Waals surface area contributed by atoms with Gasteiger partial charge in [-0.1, -0.05) is 18.2 Å². The summed E-state index contributed by atoms with van der Waals surface area (Å²) in [7, 11) is 0. The van der Waals surface area contributed by atoms with Gasteiger partial charge < -0.3 is 9.84 Å². The van der Waals surface area contributed by atoms with E-state index < -0.39 is 0 Å². The lowest BCUT2D eigenvalue weighted by Gasteiger charge is -2.08. The molecule has 3 rings (SSSR count). The first kappa shape index (κ1) is 13.5. The first-order valence-electron chi connectivity index (χ1n) is 6.51. The van der Waals surface area contributed by atoms with Gasteiger partial charge >= 0.3 is 0 Å². The molecule has 1 aromatic carbocycles. The molecular formula is C15H14FN3O2. The van der Waals surface area contributed by atoms with E-state index >= 15 is 0 Å². The van der Waals surface area contributed by atoms with Crippen LogP contribution in [-0.4, -0.2) is 19.7 Å². The molecule has 0 aliphatic heterocycles. The van der Waals surface area contributed by atoms with Crippen LogP contribution in [0.15, 0.2) is 36.5 Å². The minimum absolute atomic E-state index is 0.104. The fourth-order valence-corrected chi connectivity index (χ4v) is 2.14. The zero-order chi connectivity index (χ0) is 14.8. The lowest BCUT2D eigenvalue weighted by atomic mass is 10.2. The molecule has 0 saturated heterocycles. The maximum atomic E-state index is 13.6. The summed E-state index contributed by atoms with van der Waals surface area (Å²) in [6, 6.07) is 8.13. The van der Waals surface area contributed by atoms with Crippen LogP contribution in [0.1, 0.15) is 17.0 Å². The molecule has 21 heavy (non-hydrogen) atoms. The van der Waals surface area contributed by atoms with Gasteiger partial charge in [0.05, 0.1) is 24.2 Å². The van der Waals surface area contributed by atoms with E-state index in [0.717, 1.165) is 0 Å². The number of nitrogens with zero attached hydrogens (tertiary/aromatic N) is 3. The molecule has 3 aromatic rings. The molecule has 0 aliphatic rings. The molecule has 0 radical (unpaired) electrons. The van der Waals surface area contributed by atoms with Gasteiger partial charge in [-0.3, -0.25) is 0 Å². The molecule has 0 fully saturated rings. The lowest BCUT2D eigenvalue weighted by molar-refractivity contribution is 0.272. The number of ether oxygens (including phenoxy) is 1. The molecule has 0 bridgehead atoms. The smallest absolute Gasteiger partial charge is 0.196 e. The van der Waals surface area contributed by atoms with Crippen molar-refractivity contribution in [1.82, 2.24) is 14.6 Å². The zero-order valence-corrected chi connectivity index (χ0v) is 11.5. The van der Waals surface area contributed by atoms with Crippen LogP contribution < -0.4 is 4.74 Å². The SMILES string of the molecule is Cc1nc2c(OCc3ccccc3F)ccnn2c1CO. The second-order valence-corrected chi connectivity index (χ2v) is 4.61. The molecule has 1 N–H and O–H groups in total. The van der Waals surface area contributed by atoms with Gasteiger partial charge in [-0.15, -0.1) is 0 Å². The topological polar surface area (TPSA) is 59.7 Å². The number of rotatable bonds is 4. The van der Waals surface area contributed by atoms with E-state index in [1.165, 1.54) is 10.6 Å². The lowest BCUT2D eigenvalue weighted by Crippen LogP contribution is -2.02. The van der Waals surface area contributed by atoms with Gasteiger partial charge in [-0.25, -0.2) is 13.9 Å². The summed E-state index contributed by atoms with van der Waals surface area (Å²) >= 11 is 0. The number of imidazole rings is 1. The molecule has 0 unspecified atom stereocenters. The molecule has 0 atom stereocenters. The summed E-state index contributed by atoms with van der Waals surface area (Å²) in [5, 5.41) is 13.5. The van der Waals surface area contributed by atoms with Crippen LogP contribution >= 0.6 is 0 Å². The summed E-state index contributed by atoms with van der Waals surface area (Å²) in [5.41, 5.74) is 2.28. The second-order valence-electron chi connectivity index (χ2n) is 4.61. The van der Waals surface area contributed by atoms with Crippen molar-refractivity contribution in [1.29, 1.82) is 0 Å². The van der Waals surface area contributed by atoms with E-state index in [0.29, 0.717) is 28.3 Å². The van der Waals surface area contributed by atoms with Gasteiger partial charge in [0, 0.05) is 11.6 Å². The molecular weight excluding hydrogens is 273 g/mol. The molecule has 0 amide bonds. The zero-order valence-electron chi connectivity index (χ0n) is 11.5.